The molecule has 180 valence electrons. The number of halogens is 5. The molecule has 2 N–H and O–H groups in total. The predicted molar refractivity (Wildman–Crippen MR) is 109 cm³/mol. The number of benzene rings is 1. The van der Waals surface area contributed by atoms with Crippen molar-refractivity contribution in [2.24, 2.45) is 0 Å². The molecule has 7 nitrogen and oxygen atoms in total. The van der Waals surface area contributed by atoms with Crippen LogP contribution in [0.25, 0.3) is 22.2 Å². The molecule has 4 rings (SSSR count). The maximum atomic E-state index is 13.4. The molecule has 0 bridgehead atoms. The number of pyridine rings is 1. The monoisotopic (exact) mass is 483 g/mol. The summed E-state index contributed by atoms with van der Waals surface area (Å²) in [6.45, 7) is -0.464. The van der Waals surface area contributed by atoms with E-state index in [0.29, 0.717) is 0 Å². The zero-order valence-electron chi connectivity index (χ0n) is 17.5. The van der Waals surface area contributed by atoms with Gasteiger partial charge < -0.3 is 19.7 Å². The normalized spacial score (nSPS) is 16.0. The highest BCUT2D eigenvalue weighted by atomic mass is 19.4. The third kappa shape index (κ3) is 4.95. The van der Waals surface area contributed by atoms with Crippen molar-refractivity contribution in [1.29, 1.82) is 0 Å². The Bertz CT molecular complexity index is 1230. The molecule has 1 aliphatic rings. The van der Waals surface area contributed by atoms with Crippen LogP contribution >= 0.6 is 0 Å². The van der Waals surface area contributed by atoms with Crippen molar-refractivity contribution in [2.45, 2.75) is 31.5 Å². The Morgan fingerprint density at radius 3 is 2.44 bits per heavy atom. The summed E-state index contributed by atoms with van der Waals surface area (Å²) in [5.74, 6) is -3.20. The van der Waals surface area contributed by atoms with Crippen molar-refractivity contribution in [2.75, 3.05) is 13.1 Å². The number of nitrogens with zero attached hydrogens (tertiary/aromatic N) is 2. The summed E-state index contributed by atoms with van der Waals surface area (Å²) in [6, 6.07) is 5.85. The number of likely N-dealkylation sites (tertiary alicyclic amines) is 1. The number of fused-ring (bicyclic) bond motifs is 1. The van der Waals surface area contributed by atoms with E-state index in [0.717, 1.165) is 12.1 Å². The molecule has 0 saturated carbocycles. The van der Waals surface area contributed by atoms with E-state index in [4.69, 9.17) is 9.52 Å². The minimum Gasteiger partial charge on any atom is -0.465 e. The number of hydrogen-bond donors (Lipinski definition) is 2. The van der Waals surface area contributed by atoms with Gasteiger partial charge in [-0.15, -0.1) is 0 Å². The van der Waals surface area contributed by atoms with Gasteiger partial charge in [-0.1, -0.05) is 0 Å². The number of carbonyl (C=O) groups is 2. The summed E-state index contributed by atoms with van der Waals surface area (Å²) in [4.78, 5) is 28.7. The highest BCUT2D eigenvalue weighted by Crippen LogP contribution is 2.38. The maximum absolute atomic E-state index is 13.4. The molecule has 0 atom stereocenters. The lowest BCUT2D eigenvalue weighted by atomic mass is 10.0. The second-order valence-corrected chi connectivity index (χ2v) is 7.89. The minimum atomic E-state index is -4.68. The average molecular weight is 483 g/mol. The molecular weight excluding hydrogens is 465 g/mol. The van der Waals surface area contributed by atoms with Gasteiger partial charge in [0.25, 0.3) is 11.8 Å². The smallest absolute Gasteiger partial charge is 0.416 e. The van der Waals surface area contributed by atoms with Crippen molar-refractivity contribution >= 4 is 23.0 Å². The number of carboxylic acid groups (broad SMARTS) is 1. The van der Waals surface area contributed by atoms with Crippen LogP contribution in [-0.2, 0) is 12.7 Å². The second-order valence-electron chi connectivity index (χ2n) is 7.89. The first-order valence-electron chi connectivity index (χ1n) is 10.2. The third-order valence-corrected chi connectivity index (χ3v) is 5.50. The summed E-state index contributed by atoms with van der Waals surface area (Å²) in [5.41, 5.74) is -0.777. The topological polar surface area (TPSA) is 95.7 Å². The quantitative estimate of drug-likeness (QED) is 0.501. The van der Waals surface area contributed by atoms with Crippen LogP contribution in [0.1, 0.15) is 34.5 Å². The van der Waals surface area contributed by atoms with Gasteiger partial charge in [-0.3, -0.25) is 9.78 Å². The largest absolute Gasteiger partial charge is 0.465 e. The number of nitrogens with one attached hydrogen (secondary N) is 1. The van der Waals surface area contributed by atoms with E-state index in [-0.39, 0.29) is 53.2 Å². The number of amides is 2. The molecular formula is C22H18F5N3O4. The van der Waals surface area contributed by atoms with Gasteiger partial charge in [0.1, 0.15) is 11.3 Å². The van der Waals surface area contributed by atoms with Crippen LogP contribution < -0.4 is 5.32 Å². The highest BCUT2D eigenvalue weighted by Gasteiger charge is 2.36. The molecule has 2 amide bonds. The van der Waals surface area contributed by atoms with Crippen LogP contribution in [0.5, 0.6) is 0 Å². The summed E-state index contributed by atoms with van der Waals surface area (Å²) in [6.07, 6.45) is -5.70. The van der Waals surface area contributed by atoms with Gasteiger partial charge in [-0.25, -0.2) is 13.6 Å². The number of rotatable bonds is 4. The SMILES string of the molecule is O=C(O)NCc1cc2c(-c3ccc(C(=O)N4CCC(F)(F)CC4)cn3)cc(C(F)(F)F)cc2o1. The summed E-state index contributed by atoms with van der Waals surface area (Å²) >= 11 is 0. The van der Waals surface area contributed by atoms with Crippen molar-refractivity contribution in [3.05, 3.63) is 53.4 Å². The lowest BCUT2D eigenvalue weighted by Gasteiger charge is -2.31. The van der Waals surface area contributed by atoms with Gasteiger partial charge in [-0.2, -0.15) is 13.2 Å². The Kier molecular flexibility index (Phi) is 5.92. The predicted octanol–water partition coefficient (Wildman–Crippen LogP) is 5.15. The van der Waals surface area contributed by atoms with E-state index in [1.54, 1.807) is 0 Å². The molecule has 1 aliphatic heterocycles. The zero-order chi connectivity index (χ0) is 24.7. The van der Waals surface area contributed by atoms with Gasteiger partial charge in [-0.05, 0) is 30.3 Å². The van der Waals surface area contributed by atoms with Crippen LogP contribution in [0, 0.1) is 0 Å². The van der Waals surface area contributed by atoms with Gasteiger partial charge in [0.2, 0.25) is 0 Å². The van der Waals surface area contributed by atoms with Crippen LogP contribution in [0.3, 0.4) is 0 Å². The van der Waals surface area contributed by atoms with E-state index < -0.39 is 42.5 Å². The van der Waals surface area contributed by atoms with E-state index in [2.05, 4.69) is 10.3 Å². The highest BCUT2D eigenvalue weighted by molar-refractivity contribution is 5.96. The first-order valence-corrected chi connectivity index (χ1v) is 10.2. The number of hydrogen-bond acceptors (Lipinski definition) is 4. The standard InChI is InChI=1S/C22H18F5N3O4/c23-21(24)3-5-30(6-4-21)19(31)12-1-2-17(28-10-12)15-7-13(22(25,26)27)8-18-16(15)9-14(34-18)11-29-20(32)33/h1-2,7-10,29H,3-6,11H2,(H,32,33). The number of aromatic nitrogens is 1. The lowest BCUT2D eigenvalue weighted by molar-refractivity contribution is -0.137. The molecule has 0 radical (unpaired) electrons. The molecule has 1 saturated heterocycles. The number of furan rings is 1. The molecule has 12 heteroatoms. The molecule has 34 heavy (non-hydrogen) atoms. The number of alkyl halides is 5. The van der Waals surface area contributed by atoms with Crippen LogP contribution in [0.4, 0.5) is 26.7 Å². The summed E-state index contributed by atoms with van der Waals surface area (Å²) in [5, 5.41) is 11.1. The first kappa shape index (κ1) is 23.5. The van der Waals surface area contributed by atoms with E-state index in [1.807, 2.05) is 0 Å². The fraction of sp³-hybridized carbons (Fsp3) is 0.318. The van der Waals surface area contributed by atoms with Crippen molar-refractivity contribution in [3.8, 4) is 11.3 Å². The van der Waals surface area contributed by atoms with Crippen LogP contribution in [0.15, 0.2) is 40.9 Å². The van der Waals surface area contributed by atoms with Crippen LogP contribution in [0.2, 0.25) is 0 Å². The zero-order valence-corrected chi connectivity index (χ0v) is 17.5. The van der Waals surface area contributed by atoms with Gasteiger partial charge in [0.05, 0.1) is 23.4 Å². The minimum absolute atomic E-state index is 0.0757. The molecule has 1 fully saturated rings. The fourth-order valence-corrected chi connectivity index (χ4v) is 3.72. The van der Waals surface area contributed by atoms with E-state index in [1.165, 1.54) is 29.3 Å². The third-order valence-electron chi connectivity index (χ3n) is 5.50. The van der Waals surface area contributed by atoms with E-state index in [9.17, 15) is 31.5 Å². The van der Waals surface area contributed by atoms with E-state index >= 15 is 0 Å². The number of carbonyl (C=O) groups excluding carboxylic acids is 1. The van der Waals surface area contributed by atoms with Crippen LogP contribution in [-0.4, -0.2) is 46.0 Å². The van der Waals surface area contributed by atoms with Crippen molar-refractivity contribution < 1.29 is 41.1 Å². The molecule has 3 heterocycles. The molecule has 0 unspecified atom stereocenters. The Hall–Kier alpha value is -3.70. The second kappa shape index (κ2) is 8.58. The first-order chi connectivity index (χ1) is 15.9. The Morgan fingerprint density at radius 1 is 1.15 bits per heavy atom. The molecule has 0 aliphatic carbocycles. The van der Waals surface area contributed by atoms with Gasteiger partial charge >= 0.3 is 12.3 Å². The Labute approximate surface area is 189 Å². The molecule has 1 aromatic carbocycles. The summed E-state index contributed by atoms with van der Waals surface area (Å²) in [7, 11) is 0. The fourth-order valence-electron chi connectivity index (χ4n) is 3.72. The lowest BCUT2D eigenvalue weighted by Crippen LogP contribution is -2.42. The van der Waals surface area contributed by atoms with Crippen molar-refractivity contribution in [3.63, 3.8) is 0 Å². The average Bonchev–Trinajstić information content (AvgIpc) is 3.19. The van der Waals surface area contributed by atoms with Gasteiger partial charge in [0.15, 0.2) is 0 Å². The van der Waals surface area contributed by atoms with Gasteiger partial charge in [0, 0.05) is 43.1 Å². The molecule has 2 aromatic heterocycles. The molecule has 0 spiro atoms. The Morgan fingerprint density at radius 2 is 1.85 bits per heavy atom. The number of piperidine rings is 1. The van der Waals surface area contributed by atoms with Crippen molar-refractivity contribution in [1.82, 2.24) is 15.2 Å². The maximum Gasteiger partial charge on any atom is 0.416 e. The summed E-state index contributed by atoms with van der Waals surface area (Å²) < 4.78 is 72.4. The molecule has 3 aromatic rings. The Balaban J connectivity index is 1.66.